The van der Waals surface area contributed by atoms with Crippen LogP contribution in [0, 0.1) is 11.8 Å². The predicted octanol–water partition coefficient (Wildman–Crippen LogP) is 3.07. The topological polar surface area (TPSA) is 72.9 Å². The maximum absolute atomic E-state index is 13.1. The van der Waals surface area contributed by atoms with Crippen LogP contribution in [0.2, 0.25) is 5.02 Å². The lowest BCUT2D eigenvalue weighted by molar-refractivity contribution is -0.136. The summed E-state index contributed by atoms with van der Waals surface area (Å²) in [5.41, 5.74) is 0.788. The fourth-order valence-electron chi connectivity index (χ4n) is 5.05. The number of halogens is 1. The van der Waals surface area contributed by atoms with Crippen LogP contribution in [0.4, 0.5) is 17.3 Å². The molecule has 3 saturated heterocycles. The van der Waals surface area contributed by atoms with E-state index in [2.05, 4.69) is 33.0 Å². The van der Waals surface area contributed by atoms with Crippen LogP contribution in [0.3, 0.4) is 0 Å². The first kappa shape index (κ1) is 22.9. The van der Waals surface area contributed by atoms with E-state index in [0.29, 0.717) is 37.7 Å². The van der Waals surface area contributed by atoms with Gasteiger partial charge in [-0.25, -0.2) is 0 Å². The molecule has 3 aliphatic heterocycles. The quantitative estimate of drug-likeness (QED) is 0.667. The number of anilines is 3. The molecule has 1 atom stereocenters. The van der Waals surface area contributed by atoms with Crippen LogP contribution in [0.1, 0.15) is 26.2 Å². The molecule has 5 rings (SSSR count). The molecule has 3 fully saturated rings. The minimum Gasteiger partial charge on any atom is -0.355 e. The second-order valence-electron chi connectivity index (χ2n) is 9.61. The van der Waals surface area contributed by atoms with Crippen LogP contribution >= 0.6 is 11.6 Å². The maximum atomic E-state index is 13.1. The number of carbonyl (C=O) groups is 2. The second-order valence-corrected chi connectivity index (χ2v) is 10.0. The smallest absolute Gasteiger partial charge is 0.228 e. The third-order valence-electron chi connectivity index (χ3n) is 7.27. The van der Waals surface area contributed by atoms with Gasteiger partial charge in [0.05, 0.1) is 5.92 Å². The summed E-state index contributed by atoms with van der Waals surface area (Å²) in [5.74, 6) is 2.32. The Balaban J connectivity index is 1.14. The van der Waals surface area contributed by atoms with E-state index in [9.17, 15) is 9.59 Å². The molecule has 1 unspecified atom stereocenters. The Hall–Kier alpha value is -2.87. The van der Waals surface area contributed by atoms with Gasteiger partial charge in [0.25, 0.3) is 0 Å². The number of piperazine rings is 1. The number of hydrogen-bond acceptors (Lipinski definition) is 6. The van der Waals surface area contributed by atoms with Crippen molar-refractivity contribution in [3.63, 3.8) is 0 Å². The van der Waals surface area contributed by atoms with Crippen LogP contribution in [-0.4, -0.2) is 72.7 Å². The van der Waals surface area contributed by atoms with Gasteiger partial charge in [0, 0.05) is 62.9 Å². The van der Waals surface area contributed by atoms with Crippen LogP contribution < -0.4 is 14.7 Å². The van der Waals surface area contributed by atoms with E-state index < -0.39 is 0 Å². The van der Waals surface area contributed by atoms with E-state index in [-0.39, 0.29) is 24.2 Å². The lowest BCUT2D eigenvalue weighted by Crippen LogP contribution is -2.51. The number of amides is 2. The summed E-state index contributed by atoms with van der Waals surface area (Å²) < 4.78 is 0. The fraction of sp³-hybridized carbons (Fsp3) is 0.520. The van der Waals surface area contributed by atoms with Gasteiger partial charge in [0.2, 0.25) is 11.8 Å². The van der Waals surface area contributed by atoms with E-state index in [0.717, 1.165) is 36.3 Å². The molecular formula is C25H31ClN6O2. The lowest BCUT2D eigenvalue weighted by atomic mass is 9.99. The van der Waals surface area contributed by atoms with Crippen molar-refractivity contribution in [2.45, 2.75) is 26.2 Å². The lowest BCUT2D eigenvalue weighted by Gasteiger charge is -2.36. The monoisotopic (exact) mass is 482 g/mol. The maximum Gasteiger partial charge on any atom is 0.228 e. The molecule has 9 heteroatoms. The Labute approximate surface area is 205 Å². The van der Waals surface area contributed by atoms with Gasteiger partial charge >= 0.3 is 0 Å². The molecule has 180 valence electrons. The molecule has 1 aromatic heterocycles. The van der Waals surface area contributed by atoms with Gasteiger partial charge < -0.3 is 19.6 Å². The molecule has 0 radical (unpaired) electrons. The fourth-order valence-corrected chi connectivity index (χ4v) is 5.18. The van der Waals surface area contributed by atoms with Crippen molar-refractivity contribution < 1.29 is 9.59 Å². The molecule has 0 N–H and O–H groups in total. The average molecular weight is 483 g/mol. The first-order valence-corrected chi connectivity index (χ1v) is 12.5. The molecular weight excluding hydrogens is 452 g/mol. The standard InChI is InChI=1S/C25H31ClN6O2/c1-18-8-10-29(11-9-18)22-6-7-23(28-27-22)30-12-14-31(15-13-30)25(34)19-16-24(33)32(17-19)21-4-2-20(26)3-5-21/h2-7,18-19H,8-17H2,1H3. The summed E-state index contributed by atoms with van der Waals surface area (Å²) >= 11 is 5.96. The highest BCUT2D eigenvalue weighted by molar-refractivity contribution is 6.30. The zero-order chi connectivity index (χ0) is 23.7. The minimum atomic E-state index is -0.305. The Bertz CT molecular complexity index is 1010. The molecule has 0 aliphatic carbocycles. The van der Waals surface area contributed by atoms with Crippen molar-refractivity contribution in [3.05, 3.63) is 41.4 Å². The van der Waals surface area contributed by atoms with E-state index in [1.54, 1.807) is 17.0 Å². The highest BCUT2D eigenvalue weighted by atomic mass is 35.5. The van der Waals surface area contributed by atoms with Gasteiger partial charge in [-0.3, -0.25) is 9.59 Å². The van der Waals surface area contributed by atoms with Crippen molar-refractivity contribution in [1.82, 2.24) is 15.1 Å². The van der Waals surface area contributed by atoms with Crippen molar-refractivity contribution in [2.75, 3.05) is 60.5 Å². The summed E-state index contributed by atoms with van der Waals surface area (Å²) in [4.78, 5) is 33.7. The number of nitrogens with zero attached hydrogens (tertiary/aromatic N) is 6. The molecule has 0 bridgehead atoms. The van der Waals surface area contributed by atoms with Gasteiger partial charge in [-0.05, 0) is 55.2 Å². The normalized spacial score (nSPS) is 21.9. The van der Waals surface area contributed by atoms with Gasteiger partial charge in [-0.1, -0.05) is 18.5 Å². The molecule has 1 aromatic carbocycles. The minimum absolute atomic E-state index is 0.0159. The SMILES string of the molecule is CC1CCN(c2ccc(N3CCN(C(=O)C4CC(=O)N(c5ccc(Cl)cc5)C4)CC3)nn2)CC1. The largest absolute Gasteiger partial charge is 0.355 e. The van der Waals surface area contributed by atoms with Crippen LogP contribution in [0.25, 0.3) is 0 Å². The first-order valence-electron chi connectivity index (χ1n) is 12.2. The van der Waals surface area contributed by atoms with E-state index in [1.807, 2.05) is 23.1 Å². The number of hydrogen-bond donors (Lipinski definition) is 0. The first-order chi connectivity index (χ1) is 16.5. The summed E-state index contributed by atoms with van der Waals surface area (Å²) in [6.07, 6.45) is 2.65. The third-order valence-corrected chi connectivity index (χ3v) is 7.52. The van der Waals surface area contributed by atoms with E-state index >= 15 is 0 Å². The number of carbonyl (C=O) groups excluding carboxylic acids is 2. The van der Waals surface area contributed by atoms with E-state index in [1.165, 1.54) is 12.8 Å². The summed E-state index contributed by atoms with van der Waals surface area (Å²) in [6.45, 7) is 7.46. The Kier molecular flexibility index (Phi) is 6.59. The third kappa shape index (κ3) is 4.82. The predicted molar refractivity (Wildman–Crippen MR) is 133 cm³/mol. The van der Waals surface area contributed by atoms with Gasteiger partial charge in [0.1, 0.15) is 0 Å². The summed E-state index contributed by atoms with van der Waals surface area (Å²) in [5, 5.41) is 9.57. The molecule has 0 saturated carbocycles. The summed E-state index contributed by atoms with van der Waals surface area (Å²) in [7, 11) is 0. The Morgan fingerprint density at radius 1 is 0.882 bits per heavy atom. The molecule has 8 nitrogen and oxygen atoms in total. The number of rotatable bonds is 4. The van der Waals surface area contributed by atoms with Gasteiger partial charge in [-0.2, -0.15) is 0 Å². The van der Waals surface area contributed by atoms with Crippen LogP contribution in [0.5, 0.6) is 0 Å². The van der Waals surface area contributed by atoms with Crippen molar-refractivity contribution in [1.29, 1.82) is 0 Å². The highest BCUT2D eigenvalue weighted by Crippen LogP contribution is 2.28. The number of piperidine rings is 1. The highest BCUT2D eigenvalue weighted by Gasteiger charge is 2.38. The molecule has 2 aromatic rings. The zero-order valence-electron chi connectivity index (χ0n) is 19.6. The molecule has 34 heavy (non-hydrogen) atoms. The zero-order valence-corrected chi connectivity index (χ0v) is 20.3. The molecule has 3 aliphatic rings. The van der Waals surface area contributed by atoms with Crippen molar-refractivity contribution >= 4 is 40.7 Å². The van der Waals surface area contributed by atoms with Crippen molar-refractivity contribution in [3.8, 4) is 0 Å². The molecule has 0 spiro atoms. The van der Waals surface area contributed by atoms with Gasteiger partial charge in [-0.15, -0.1) is 10.2 Å². The summed E-state index contributed by atoms with van der Waals surface area (Å²) in [6, 6.07) is 11.3. The Morgan fingerprint density at radius 3 is 2.06 bits per heavy atom. The molecule has 2 amide bonds. The van der Waals surface area contributed by atoms with Crippen LogP contribution in [-0.2, 0) is 9.59 Å². The molecule has 4 heterocycles. The average Bonchev–Trinajstić information content (AvgIpc) is 3.26. The van der Waals surface area contributed by atoms with Crippen LogP contribution in [0.15, 0.2) is 36.4 Å². The number of benzene rings is 1. The van der Waals surface area contributed by atoms with E-state index in [4.69, 9.17) is 11.6 Å². The second kappa shape index (κ2) is 9.78. The van der Waals surface area contributed by atoms with Gasteiger partial charge in [0.15, 0.2) is 11.6 Å². The Morgan fingerprint density at radius 2 is 1.47 bits per heavy atom. The number of aromatic nitrogens is 2. The van der Waals surface area contributed by atoms with Crippen molar-refractivity contribution in [2.24, 2.45) is 11.8 Å².